The Hall–Kier alpha value is -1.91. The van der Waals surface area contributed by atoms with Crippen LogP contribution in [-0.4, -0.2) is 26.2 Å². The fourth-order valence-corrected chi connectivity index (χ4v) is 0.818. The summed E-state index contributed by atoms with van der Waals surface area (Å²) in [6.45, 7) is 0. The molecule has 0 aromatic carbocycles. The largest absolute Gasteiger partial charge is 0.515 e. The van der Waals surface area contributed by atoms with Crippen molar-refractivity contribution in [3.63, 3.8) is 0 Å². The van der Waals surface area contributed by atoms with E-state index in [-0.39, 0.29) is 12.0 Å². The van der Waals surface area contributed by atoms with Gasteiger partial charge in [0, 0.05) is 18.8 Å². The van der Waals surface area contributed by atoms with Gasteiger partial charge in [-0.2, -0.15) is 0 Å². The van der Waals surface area contributed by atoms with Crippen LogP contribution in [0.25, 0.3) is 0 Å². The van der Waals surface area contributed by atoms with Gasteiger partial charge in [-0.15, -0.1) is 0 Å². The van der Waals surface area contributed by atoms with Gasteiger partial charge in [-0.05, 0) is 5.56 Å². The molecule has 1 rings (SSSR count). The molecule has 0 aliphatic rings. The molecule has 0 saturated heterocycles. The third-order valence-electron chi connectivity index (χ3n) is 1.44. The molecule has 0 radical (unpaired) electrons. The third-order valence-corrected chi connectivity index (χ3v) is 1.44. The molecule has 13 heavy (non-hydrogen) atoms. The Kier molecular flexibility index (Phi) is 2.97. The third kappa shape index (κ3) is 2.55. The Labute approximate surface area is 74.4 Å². The molecule has 2 N–H and O–H groups in total. The summed E-state index contributed by atoms with van der Waals surface area (Å²) in [5, 5.41) is 17.1. The molecule has 0 spiro atoms. The standard InChI is InChI=1S/C8H8N2O3/c11-4-7(8(12)13)1-6-2-9-5-10-3-6/h2-5,11H,1H2,(H,12,13)/b7-4-. The van der Waals surface area contributed by atoms with Crippen molar-refractivity contribution < 1.29 is 15.0 Å². The van der Waals surface area contributed by atoms with Crippen molar-refractivity contribution in [2.45, 2.75) is 6.42 Å². The number of nitrogens with zero attached hydrogens (tertiary/aromatic N) is 2. The topological polar surface area (TPSA) is 83.3 Å². The number of carbonyl (C=O) groups is 1. The van der Waals surface area contributed by atoms with E-state index >= 15 is 0 Å². The number of hydrogen-bond donors (Lipinski definition) is 2. The first-order chi connectivity index (χ1) is 6.24. The number of rotatable bonds is 3. The van der Waals surface area contributed by atoms with E-state index in [1.54, 1.807) is 0 Å². The molecule has 1 aromatic heterocycles. The van der Waals surface area contributed by atoms with Gasteiger partial charge in [-0.1, -0.05) is 0 Å². The molecule has 5 nitrogen and oxygen atoms in total. The molecule has 1 heterocycles. The Morgan fingerprint density at radius 3 is 2.54 bits per heavy atom. The summed E-state index contributed by atoms with van der Waals surface area (Å²) >= 11 is 0. The van der Waals surface area contributed by atoms with Crippen molar-refractivity contribution in [1.29, 1.82) is 0 Å². The normalized spacial score (nSPS) is 11.2. The lowest BCUT2D eigenvalue weighted by Crippen LogP contribution is -2.04. The lowest BCUT2D eigenvalue weighted by Gasteiger charge is -1.98. The van der Waals surface area contributed by atoms with E-state index in [1.807, 2.05) is 0 Å². The number of aromatic nitrogens is 2. The Morgan fingerprint density at radius 2 is 2.08 bits per heavy atom. The van der Waals surface area contributed by atoms with Gasteiger partial charge in [-0.3, -0.25) is 0 Å². The number of carboxylic acid groups (broad SMARTS) is 1. The second kappa shape index (κ2) is 4.20. The summed E-state index contributed by atoms with van der Waals surface area (Å²) in [5.74, 6) is -1.15. The first kappa shape index (κ1) is 9.18. The van der Waals surface area contributed by atoms with Crippen molar-refractivity contribution in [2.24, 2.45) is 0 Å². The van der Waals surface area contributed by atoms with E-state index in [0.717, 1.165) is 0 Å². The zero-order valence-corrected chi connectivity index (χ0v) is 6.71. The van der Waals surface area contributed by atoms with Gasteiger partial charge in [0.2, 0.25) is 0 Å². The molecule has 0 saturated carbocycles. The van der Waals surface area contributed by atoms with Crippen molar-refractivity contribution in [3.05, 3.63) is 36.1 Å². The summed E-state index contributed by atoms with van der Waals surface area (Å²) < 4.78 is 0. The average Bonchev–Trinajstić information content (AvgIpc) is 2.15. The maximum absolute atomic E-state index is 10.5. The van der Waals surface area contributed by atoms with Crippen LogP contribution in [0.4, 0.5) is 0 Å². The molecule has 1 aromatic rings. The molecule has 0 aliphatic heterocycles. The molecular formula is C8H8N2O3. The van der Waals surface area contributed by atoms with E-state index in [1.165, 1.54) is 18.7 Å². The van der Waals surface area contributed by atoms with Crippen LogP contribution in [0.3, 0.4) is 0 Å². The monoisotopic (exact) mass is 180 g/mol. The Morgan fingerprint density at radius 1 is 1.46 bits per heavy atom. The lowest BCUT2D eigenvalue weighted by molar-refractivity contribution is -0.132. The van der Waals surface area contributed by atoms with Crippen LogP contribution < -0.4 is 0 Å². The highest BCUT2D eigenvalue weighted by atomic mass is 16.4. The highest BCUT2D eigenvalue weighted by molar-refractivity contribution is 5.86. The van der Waals surface area contributed by atoms with Crippen LogP contribution in [0.15, 0.2) is 30.6 Å². The summed E-state index contributed by atoms with van der Waals surface area (Å²) in [5.41, 5.74) is 0.556. The predicted octanol–water partition coefficient (Wildman–Crippen LogP) is 0.546. The van der Waals surface area contributed by atoms with Crippen LogP contribution in [-0.2, 0) is 11.2 Å². The fraction of sp³-hybridized carbons (Fsp3) is 0.125. The fourth-order valence-electron chi connectivity index (χ4n) is 0.818. The predicted molar refractivity (Wildman–Crippen MR) is 44.1 cm³/mol. The second-order valence-electron chi connectivity index (χ2n) is 2.38. The lowest BCUT2D eigenvalue weighted by atomic mass is 10.1. The van der Waals surface area contributed by atoms with E-state index in [4.69, 9.17) is 10.2 Å². The van der Waals surface area contributed by atoms with Gasteiger partial charge in [-0.25, -0.2) is 14.8 Å². The number of hydrogen-bond acceptors (Lipinski definition) is 4. The first-order valence-corrected chi connectivity index (χ1v) is 3.54. The highest BCUT2D eigenvalue weighted by Crippen LogP contribution is 2.04. The van der Waals surface area contributed by atoms with Gasteiger partial charge in [0.1, 0.15) is 6.33 Å². The maximum Gasteiger partial charge on any atom is 0.335 e. The van der Waals surface area contributed by atoms with Gasteiger partial charge < -0.3 is 10.2 Å². The molecule has 0 unspecified atom stereocenters. The summed E-state index contributed by atoms with van der Waals surface area (Å²) in [7, 11) is 0. The van der Waals surface area contributed by atoms with Crippen LogP contribution in [0.5, 0.6) is 0 Å². The molecule has 0 aliphatic carbocycles. The van der Waals surface area contributed by atoms with Gasteiger partial charge >= 0.3 is 5.97 Å². The molecule has 0 bridgehead atoms. The smallest absolute Gasteiger partial charge is 0.335 e. The van der Waals surface area contributed by atoms with Crippen molar-refractivity contribution in [3.8, 4) is 0 Å². The minimum absolute atomic E-state index is 0.0881. The molecular weight excluding hydrogens is 172 g/mol. The molecule has 68 valence electrons. The zero-order valence-electron chi connectivity index (χ0n) is 6.71. The van der Waals surface area contributed by atoms with Crippen molar-refractivity contribution in [2.75, 3.05) is 0 Å². The van der Waals surface area contributed by atoms with E-state index in [2.05, 4.69) is 9.97 Å². The van der Waals surface area contributed by atoms with Gasteiger partial charge in [0.25, 0.3) is 0 Å². The SMILES string of the molecule is O=C(O)/C(=C\O)Cc1cncnc1. The Balaban J connectivity index is 2.74. The highest BCUT2D eigenvalue weighted by Gasteiger charge is 2.08. The second-order valence-corrected chi connectivity index (χ2v) is 2.38. The van der Waals surface area contributed by atoms with Crippen LogP contribution in [0, 0.1) is 0 Å². The van der Waals surface area contributed by atoms with E-state index in [9.17, 15) is 4.79 Å². The number of aliphatic hydroxyl groups is 1. The van der Waals surface area contributed by atoms with Crippen molar-refractivity contribution >= 4 is 5.97 Å². The first-order valence-electron chi connectivity index (χ1n) is 3.54. The number of aliphatic hydroxyl groups excluding tert-OH is 1. The minimum atomic E-state index is -1.15. The van der Waals surface area contributed by atoms with Gasteiger partial charge in [0.05, 0.1) is 11.8 Å². The number of aliphatic carboxylic acids is 1. The summed E-state index contributed by atoms with van der Waals surface area (Å²) in [6.07, 6.45) is 5.05. The molecule has 5 heteroatoms. The van der Waals surface area contributed by atoms with Crippen molar-refractivity contribution in [1.82, 2.24) is 9.97 Å². The maximum atomic E-state index is 10.5. The minimum Gasteiger partial charge on any atom is -0.515 e. The van der Waals surface area contributed by atoms with E-state index in [0.29, 0.717) is 11.8 Å². The van der Waals surface area contributed by atoms with E-state index < -0.39 is 5.97 Å². The summed E-state index contributed by atoms with van der Waals surface area (Å²) in [6, 6.07) is 0. The number of carboxylic acids is 1. The zero-order chi connectivity index (χ0) is 9.68. The molecule has 0 fully saturated rings. The molecule has 0 amide bonds. The average molecular weight is 180 g/mol. The van der Waals surface area contributed by atoms with Gasteiger partial charge in [0.15, 0.2) is 0 Å². The molecule has 0 atom stereocenters. The quantitative estimate of drug-likeness (QED) is 0.524. The van der Waals surface area contributed by atoms with Crippen LogP contribution in [0.2, 0.25) is 0 Å². The Bertz CT molecular complexity index is 321. The summed E-state index contributed by atoms with van der Waals surface area (Å²) in [4.78, 5) is 17.9. The van der Waals surface area contributed by atoms with Crippen LogP contribution >= 0.6 is 0 Å². The van der Waals surface area contributed by atoms with Crippen LogP contribution in [0.1, 0.15) is 5.56 Å².